The number of nitrogens with one attached hydrogen (secondary N) is 1. The van der Waals surface area contributed by atoms with Gasteiger partial charge in [0, 0.05) is 18.8 Å². The van der Waals surface area contributed by atoms with Crippen molar-refractivity contribution in [3.63, 3.8) is 0 Å². The molecule has 0 radical (unpaired) electrons. The molecule has 0 spiro atoms. The standard InChI is InChI=1S/C10H10N4O2S/c1-17-10-11-3-6(4-12-10)2-8-7(9(15)16)5-13-14-8/h3-5H,2H2,1H3,(H,13,14)(H,15,16). The Balaban J connectivity index is 2.19. The van der Waals surface area contributed by atoms with Crippen LogP contribution in [0.5, 0.6) is 0 Å². The quantitative estimate of drug-likeness (QED) is 0.626. The molecule has 0 saturated carbocycles. The molecule has 0 atom stereocenters. The smallest absolute Gasteiger partial charge is 0.339 e. The molecule has 88 valence electrons. The number of hydrogen-bond donors (Lipinski definition) is 2. The third kappa shape index (κ3) is 2.62. The Morgan fingerprint density at radius 3 is 2.71 bits per heavy atom. The number of carbonyl (C=O) groups is 1. The number of carboxylic acids is 1. The molecule has 0 aliphatic carbocycles. The molecule has 0 bridgehead atoms. The predicted octanol–water partition coefficient (Wildman–Crippen LogP) is 1.21. The summed E-state index contributed by atoms with van der Waals surface area (Å²) in [6.07, 6.45) is 6.99. The molecule has 0 aliphatic heterocycles. The van der Waals surface area contributed by atoms with Crippen molar-refractivity contribution >= 4 is 17.7 Å². The molecule has 7 heteroatoms. The molecule has 0 saturated heterocycles. The summed E-state index contributed by atoms with van der Waals surface area (Å²) in [5.74, 6) is -0.990. The van der Waals surface area contributed by atoms with Gasteiger partial charge in [0.15, 0.2) is 5.16 Å². The summed E-state index contributed by atoms with van der Waals surface area (Å²) in [6.45, 7) is 0. The van der Waals surface area contributed by atoms with Crippen LogP contribution in [0.2, 0.25) is 0 Å². The summed E-state index contributed by atoms with van der Waals surface area (Å²) >= 11 is 1.46. The van der Waals surface area contributed by atoms with Gasteiger partial charge in [-0.05, 0) is 11.8 Å². The van der Waals surface area contributed by atoms with Crippen LogP contribution in [0.15, 0.2) is 23.7 Å². The molecule has 0 amide bonds. The molecule has 2 heterocycles. The molecule has 2 rings (SSSR count). The lowest BCUT2D eigenvalue weighted by Gasteiger charge is -2.00. The Hall–Kier alpha value is -1.89. The second-order valence-corrected chi connectivity index (χ2v) is 4.10. The fourth-order valence-electron chi connectivity index (χ4n) is 1.38. The molecular weight excluding hydrogens is 240 g/mol. The summed E-state index contributed by atoms with van der Waals surface area (Å²) in [6, 6.07) is 0. The fourth-order valence-corrected chi connectivity index (χ4v) is 1.69. The first-order valence-electron chi connectivity index (χ1n) is 4.81. The van der Waals surface area contributed by atoms with Crippen molar-refractivity contribution in [3.05, 3.63) is 35.4 Å². The van der Waals surface area contributed by atoms with E-state index in [0.29, 0.717) is 17.3 Å². The normalized spacial score (nSPS) is 10.4. The maximum Gasteiger partial charge on any atom is 0.339 e. The minimum atomic E-state index is -0.990. The van der Waals surface area contributed by atoms with Crippen LogP contribution < -0.4 is 0 Å². The molecular formula is C10H10N4O2S. The molecule has 0 unspecified atom stereocenters. The van der Waals surface area contributed by atoms with E-state index in [1.54, 1.807) is 12.4 Å². The lowest BCUT2D eigenvalue weighted by Crippen LogP contribution is -2.01. The van der Waals surface area contributed by atoms with Gasteiger partial charge in [-0.25, -0.2) is 14.8 Å². The van der Waals surface area contributed by atoms with Gasteiger partial charge in [-0.3, -0.25) is 5.10 Å². The maximum atomic E-state index is 10.9. The van der Waals surface area contributed by atoms with Gasteiger partial charge in [0.1, 0.15) is 5.56 Å². The van der Waals surface area contributed by atoms with Crippen LogP contribution in [0.25, 0.3) is 0 Å². The van der Waals surface area contributed by atoms with Crippen LogP contribution in [0.3, 0.4) is 0 Å². The van der Waals surface area contributed by atoms with Gasteiger partial charge in [0.2, 0.25) is 0 Å². The lowest BCUT2D eigenvalue weighted by molar-refractivity contribution is 0.0696. The van der Waals surface area contributed by atoms with Crippen LogP contribution >= 0.6 is 11.8 Å². The zero-order valence-electron chi connectivity index (χ0n) is 9.04. The maximum absolute atomic E-state index is 10.9. The first kappa shape index (κ1) is 11.6. The number of thioether (sulfide) groups is 1. The van der Waals surface area contributed by atoms with Crippen molar-refractivity contribution < 1.29 is 9.90 Å². The predicted molar refractivity (Wildman–Crippen MR) is 62.2 cm³/mol. The average Bonchev–Trinajstić information content (AvgIpc) is 2.78. The first-order chi connectivity index (χ1) is 8.20. The van der Waals surface area contributed by atoms with Gasteiger partial charge in [-0.15, -0.1) is 0 Å². The number of carboxylic acid groups (broad SMARTS) is 1. The van der Waals surface area contributed by atoms with E-state index >= 15 is 0 Å². The highest BCUT2D eigenvalue weighted by molar-refractivity contribution is 7.98. The van der Waals surface area contributed by atoms with Crippen molar-refractivity contribution in [1.82, 2.24) is 20.2 Å². The van der Waals surface area contributed by atoms with Gasteiger partial charge in [-0.2, -0.15) is 5.10 Å². The summed E-state index contributed by atoms with van der Waals surface area (Å²) in [5.41, 5.74) is 1.58. The Kier molecular flexibility index (Phi) is 3.38. The third-order valence-electron chi connectivity index (χ3n) is 2.19. The number of aromatic carboxylic acids is 1. The highest BCUT2D eigenvalue weighted by atomic mass is 32.2. The van der Waals surface area contributed by atoms with Crippen LogP contribution in [0, 0.1) is 0 Å². The number of H-pyrrole nitrogens is 1. The highest BCUT2D eigenvalue weighted by Gasteiger charge is 2.12. The van der Waals surface area contributed by atoms with Crippen molar-refractivity contribution in [2.24, 2.45) is 0 Å². The van der Waals surface area contributed by atoms with E-state index < -0.39 is 5.97 Å². The second-order valence-electron chi connectivity index (χ2n) is 3.32. The van der Waals surface area contributed by atoms with E-state index in [2.05, 4.69) is 20.2 Å². The van der Waals surface area contributed by atoms with E-state index in [-0.39, 0.29) is 5.56 Å². The van der Waals surface area contributed by atoms with Crippen LogP contribution in [0.1, 0.15) is 21.6 Å². The molecule has 0 aliphatic rings. The number of rotatable bonds is 4. The van der Waals surface area contributed by atoms with Gasteiger partial charge in [0.05, 0.1) is 11.9 Å². The topological polar surface area (TPSA) is 91.8 Å². The van der Waals surface area contributed by atoms with Crippen molar-refractivity contribution in [1.29, 1.82) is 0 Å². The van der Waals surface area contributed by atoms with Crippen molar-refractivity contribution in [2.45, 2.75) is 11.6 Å². The highest BCUT2D eigenvalue weighted by Crippen LogP contribution is 2.12. The summed E-state index contributed by atoms with van der Waals surface area (Å²) in [4.78, 5) is 19.1. The van der Waals surface area contributed by atoms with Crippen LogP contribution in [0.4, 0.5) is 0 Å². The number of nitrogens with zero attached hydrogens (tertiary/aromatic N) is 3. The minimum Gasteiger partial charge on any atom is -0.478 e. The molecule has 6 nitrogen and oxygen atoms in total. The van der Waals surface area contributed by atoms with Gasteiger partial charge in [0.25, 0.3) is 0 Å². The second kappa shape index (κ2) is 4.96. The van der Waals surface area contributed by atoms with Crippen LogP contribution in [-0.2, 0) is 6.42 Å². The monoisotopic (exact) mass is 250 g/mol. The van der Waals surface area contributed by atoms with Gasteiger partial charge in [-0.1, -0.05) is 11.8 Å². The molecule has 17 heavy (non-hydrogen) atoms. The minimum absolute atomic E-state index is 0.180. The summed E-state index contributed by atoms with van der Waals surface area (Å²) < 4.78 is 0. The Morgan fingerprint density at radius 1 is 1.41 bits per heavy atom. The zero-order valence-corrected chi connectivity index (χ0v) is 9.86. The number of aromatic amines is 1. The number of aromatic nitrogens is 4. The molecule has 2 aromatic heterocycles. The largest absolute Gasteiger partial charge is 0.478 e. The van der Waals surface area contributed by atoms with E-state index in [9.17, 15) is 4.79 Å². The van der Waals surface area contributed by atoms with Crippen molar-refractivity contribution in [2.75, 3.05) is 6.26 Å². The Labute approximate surface area is 101 Å². The molecule has 0 aromatic carbocycles. The summed E-state index contributed by atoms with van der Waals surface area (Å²) in [7, 11) is 0. The SMILES string of the molecule is CSc1ncc(Cc2[nH]ncc2C(=O)O)cn1. The van der Waals surface area contributed by atoms with Gasteiger partial charge >= 0.3 is 5.97 Å². The molecule has 0 fully saturated rings. The van der Waals surface area contributed by atoms with Gasteiger partial charge < -0.3 is 5.11 Å². The van der Waals surface area contributed by atoms with E-state index in [1.165, 1.54) is 18.0 Å². The average molecular weight is 250 g/mol. The lowest BCUT2D eigenvalue weighted by atomic mass is 10.1. The van der Waals surface area contributed by atoms with Crippen LogP contribution in [-0.4, -0.2) is 37.5 Å². The molecule has 2 N–H and O–H groups in total. The van der Waals surface area contributed by atoms with E-state index in [4.69, 9.17) is 5.11 Å². The third-order valence-corrected chi connectivity index (χ3v) is 2.77. The Morgan fingerprint density at radius 2 is 2.12 bits per heavy atom. The van der Waals surface area contributed by atoms with E-state index in [1.807, 2.05) is 6.26 Å². The number of hydrogen-bond acceptors (Lipinski definition) is 5. The molecule has 2 aromatic rings. The Bertz CT molecular complexity index is 523. The zero-order chi connectivity index (χ0) is 12.3. The van der Waals surface area contributed by atoms with E-state index in [0.717, 1.165) is 5.56 Å². The first-order valence-corrected chi connectivity index (χ1v) is 6.03. The summed E-state index contributed by atoms with van der Waals surface area (Å²) in [5, 5.41) is 16.0. The fraction of sp³-hybridized carbons (Fsp3) is 0.200. The van der Waals surface area contributed by atoms with Crippen molar-refractivity contribution in [3.8, 4) is 0 Å².